The van der Waals surface area contributed by atoms with Gasteiger partial charge in [-0.15, -0.1) is 0 Å². The van der Waals surface area contributed by atoms with E-state index in [-0.39, 0.29) is 35.6 Å². The minimum absolute atomic E-state index is 0.0306. The summed E-state index contributed by atoms with van der Waals surface area (Å²) in [6, 6.07) is 3.77. The van der Waals surface area contributed by atoms with Gasteiger partial charge in [-0.3, -0.25) is 4.90 Å². The number of amides is 3. The Morgan fingerprint density at radius 2 is 1.58 bits per heavy atom. The molecule has 2 aromatic rings. The second-order valence-corrected chi connectivity index (χ2v) is 8.99. The van der Waals surface area contributed by atoms with Crippen molar-refractivity contribution >= 4 is 41.0 Å². The largest absolute Gasteiger partial charge is 0.465 e. The maximum Gasteiger partial charge on any atom is 0.416 e. The average molecular weight is 558 g/mol. The maximum atomic E-state index is 13.2. The van der Waals surface area contributed by atoms with E-state index >= 15 is 0 Å². The molecule has 36 heavy (non-hydrogen) atoms. The Balaban J connectivity index is 1.90. The zero-order valence-electron chi connectivity index (χ0n) is 18.4. The van der Waals surface area contributed by atoms with Gasteiger partial charge in [0.1, 0.15) is 0 Å². The second-order valence-electron chi connectivity index (χ2n) is 8.18. The Morgan fingerprint density at radius 1 is 1.00 bits per heavy atom. The number of alkyl halides is 6. The van der Waals surface area contributed by atoms with Crippen molar-refractivity contribution < 1.29 is 41.0 Å². The molecule has 2 N–H and O–H groups in total. The van der Waals surface area contributed by atoms with E-state index in [1.165, 1.54) is 12.1 Å². The first kappa shape index (κ1) is 27.7. The summed E-state index contributed by atoms with van der Waals surface area (Å²) in [6.07, 6.45) is -11.2. The van der Waals surface area contributed by atoms with E-state index in [2.05, 4.69) is 5.32 Å². The van der Waals surface area contributed by atoms with Crippen LogP contribution in [0.25, 0.3) is 0 Å². The molecule has 1 fully saturated rings. The van der Waals surface area contributed by atoms with Crippen molar-refractivity contribution in [3.05, 3.63) is 63.1 Å². The molecule has 3 amide bonds. The Morgan fingerprint density at radius 3 is 2.08 bits per heavy atom. The second kappa shape index (κ2) is 10.3. The summed E-state index contributed by atoms with van der Waals surface area (Å²) >= 11 is 12.0. The van der Waals surface area contributed by atoms with E-state index in [1.54, 1.807) is 6.07 Å². The molecule has 196 valence electrons. The van der Waals surface area contributed by atoms with Gasteiger partial charge in [0, 0.05) is 37.8 Å². The number of benzene rings is 2. The number of halogens is 8. The van der Waals surface area contributed by atoms with Gasteiger partial charge < -0.3 is 15.3 Å². The van der Waals surface area contributed by atoms with E-state index in [9.17, 15) is 41.0 Å². The Bertz CT molecular complexity index is 1130. The number of likely N-dealkylation sites (tertiary alicyclic amines) is 1. The third kappa shape index (κ3) is 6.28. The summed E-state index contributed by atoms with van der Waals surface area (Å²) in [5.41, 5.74) is -3.20. The van der Waals surface area contributed by atoms with Gasteiger partial charge in [-0.2, -0.15) is 26.3 Å². The van der Waals surface area contributed by atoms with Gasteiger partial charge in [-0.05, 0) is 42.3 Å². The fourth-order valence-electron chi connectivity index (χ4n) is 3.88. The topological polar surface area (TPSA) is 72.9 Å². The molecule has 1 saturated heterocycles. The molecule has 0 saturated carbocycles. The Kier molecular flexibility index (Phi) is 7.89. The van der Waals surface area contributed by atoms with Crippen molar-refractivity contribution in [1.82, 2.24) is 10.2 Å². The molecule has 0 spiro atoms. The van der Waals surface area contributed by atoms with Crippen LogP contribution in [0.1, 0.15) is 29.0 Å². The monoisotopic (exact) mass is 557 g/mol. The fraction of sp³-hybridized carbons (Fsp3) is 0.364. The lowest BCUT2D eigenvalue weighted by atomic mass is 9.86. The molecule has 2 aromatic carbocycles. The predicted octanol–water partition coefficient (Wildman–Crippen LogP) is 6.71. The highest BCUT2D eigenvalue weighted by Gasteiger charge is 2.38. The summed E-state index contributed by atoms with van der Waals surface area (Å²) in [4.78, 5) is 26.2. The highest BCUT2D eigenvalue weighted by molar-refractivity contribution is 6.42. The first-order valence-corrected chi connectivity index (χ1v) is 11.1. The van der Waals surface area contributed by atoms with Crippen molar-refractivity contribution in [3.8, 4) is 0 Å². The van der Waals surface area contributed by atoms with Crippen molar-refractivity contribution in [2.75, 3.05) is 25.0 Å². The smallest absolute Gasteiger partial charge is 0.416 e. The number of carboxylic acid groups (broad SMARTS) is 1. The first-order chi connectivity index (χ1) is 16.6. The summed E-state index contributed by atoms with van der Waals surface area (Å²) in [6.45, 7) is 0.00727. The van der Waals surface area contributed by atoms with Crippen LogP contribution < -0.4 is 10.2 Å². The average Bonchev–Trinajstić information content (AvgIpc) is 2.79. The number of rotatable bonds is 3. The van der Waals surface area contributed by atoms with Crippen LogP contribution in [-0.4, -0.2) is 48.3 Å². The molecular formula is C22H19Cl2F6N3O3. The van der Waals surface area contributed by atoms with Crippen molar-refractivity contribution in [3.63, 3.8) is 0 Å². The van der Waals surface area contributed by atoms with Crippen LogP contribution in [0.3, 0.4) is 0 Å². The van der Waals surface area contributed by atoms with Gasteiger partial charge >= 0.3 is 24.5 Å². The fourth-order valence-corrected chi connectivity index (χ4v) is 4.19. The number of anilines is 1. The maximum absolute atomic E-state index is 13.2. The van der Waals surface area contributed by atoms with Crippen LogP contribution in [0, 0.1) is 0 Å². The molecule has 3 rings (SSSR count). The molecule has 0 aromatic heterocycles. The van der Waals surface area contributed by atoms with E-state index in [0.717, 1.165) is 11.9 Å². The van der Waals surface area contributed by atoms with Crippen molar-refractivity contribution in [2.45, 2.75) is 30.7 Å². The quantitative estimate of drug-likeness (QED) is 0.412. The summed E-state index contributed by atoms with van der Waals surface area (Å²) in [5, 5.41) is 12.4. The molecule has 1 aliphatic rings. The van der Waals surface area contributed by atoms with Crippen LogP contribution >= 0.6 is 23.2 Å². The van der Waals surface area contributed by atoms with Crippen LogP contribution in [0.2, 0.25) is 10.0 Å². The lowest BCUT2D eigenvalue weighted by Gasteiger charge is -2.38. The number of nitrogens with zero attached hydrogens (tertiary/aromatic N) is 2. The molecule has 6 nitrogen and oxygen atoms in total. The summed E-state index contributed by atoms with van der Waals surface area (Å²) < 4.78 is 79.3. The van der Waals surface area contributed by atoms with Crippen LogP contribution in [-0.2, 0) is 12.4 Å². The van der Waals surface area contributed by atoms with E-state index < -0.39 is 53.3 Å². The number of carbonyl (C=O) groups excluding carboxylic acids is 1. The van der Waals surface area contributed by atoms with Crippen LogP contribution in [0.4, 0.5) is 41.6 Å². The molecule has 1 heterocycles. The van der Waals surface area contributed by atoms with Gasteiger partial charge in [-0.25, -0.2) is 9.59 Å². The van der Waals surface area contributed by atoms with Crippen molar-refractivity contribution in [1.29, 1.82) is 0 Å². The van der Waals surface area contributed by atoms with Crippen molar-refractivity contribution in [2.24, 2.45) is 0 Å². The predicted molar refractivity (Wildman–Crippen MR) is 121 cm³/mol. The molecule has 1 aliphatic heterocycles. The highest BCUT2D eigenvalue weighted by Crippen LogP contribution is 2.38. The number of nitrogens with one attached hydrogen (secondary N) is 1. The number of hydrogen-bond acceptors (Lipinski definition) is 2. The molecule has 0 unspecified atom stereocenters. The SMILES string of the molecule is CN(C(=O)N[C@@H]1CCN(C(=O)O)C[C@H]1c1ccc(Cl)c(Cl)c1)c1cc(C(F)(F)F)cc(C(F)(F)F)c1. The minimum Gasteiger partial charge on any atom is -0.465 e. The lowest BCUT2D eigenvalue weighted by Crippen LogP contribution is -2.53. The van der Waals surface area contributed by atoms with E-state index in [1.807, 2.05) is 0 Å². The first-order valence-electron chi connectivity index (χ1n) is 10.3. The summed E-state index contributed by atoms with van der Waals surface area (Å²) in [7, 11) is 1.03. The molecule has 0 bridgehead atoms. The highest BCUT2D eigenvalue weighted by atomic mass is 35.5. The molecule has 14 heteroatoms. The molecule has 2 atom stereocenters. The van der Waals surface area contributed by atoms with E-state index in [0.29, 0.717) is 22.6 Å². The number of piperidine rings is 1. The van der Waals surface area contributed by atoms with Crippen LogP contribution in [0.15, 0.2) is 36.4 Å². The zero-order valence-corrected chi connectivity index (χ0v) is 19.9. The molecular weight excluding hydrogens is 539 g/mol. The van der Waals surface area contributed by atoms with Gasteiger partial charge in [0.05, 0.1) is 21.2 Å². The standard InChI is InChI=1S/C22H19Cl2F6N3O3/c1-32(14-8-12(21(25,26)27)7-13(9-14)22(28,29)30)19(34)31-18-4-5-33(20(35)36)10-15(18)11-2-3-16(23)17(24)6-11/h2-3,6-9,15,18H,4-5,10H2,1H3,(H,31,34)(H,35,36)/t15-,18+/m0/s1. The number of hydrogen-bond donors (Lipinski definition) is 2. The molecule has 0 aliphatic carbocycles. The van der Waals surface area contributed by atoms with E-state index in [4.69, 9.17) is 23.2 Å². The number of urea groups is 1. The zero-order chi connectivity index (χ0) is 27.0. The minimum atomic E-state index is -5.07. The molecule has 0 radical (unpaired) electrons. The van der Waals surface area contributed by atoms with Gasteiger partial charge in [0.15, 0.2) is 0 Å². The number of carbonyl (C=O) groups is 2. The van der Waals surface area contributed by atoms with Crippen LogP contribution in [0.5, 0.6) is 0 Å². The van der Waals surface area contributed by atoms with Gasteiger partial charge in [0.2, 0.25) is 0 Å². The summed E-state index contributed by atoms with van der Waals surface area (Å²) in [5.74, 6) is -0.616. The van der Waals surface area contributed by atoms with Gasteiger partial charge in [-0.1, -0.05) is 29.3 Å². The normalized spacial score (nSPS) is 18.6. The lowest BCUT2D eigenvalue weighted by molar-refractivity contribution is -0.143. The third-order valence-electron chi connectivity index (χ3n) is 5.83. The Hall–Kier alpha value is -2.86. The van der Waals surface area contributed by atoms with Gasteiger partial charge in [0.25, 0.3) is 0 Å². The third-order valence-corrected chi connectivity index (χ3v) is 6.57. The Labute approximate surface area is 211 Å².